The first-order valence-electron chi connectivity index (χ1n) is 12.0. The van der Waals surface area contributed by atoms with Crippen molar-refractivity contribution in [2.24, 2.45) is 5.41 Å². The van der Waals surface area contributed by atoms with Crippen molar-refractivity contribution < 1.29 is 17.9 Å². The summed E-state index contributed by atoms with van der Waals surface area (Å²) >= 11 is 1.53. The lowest BCUT2D eigenvalue weighted by Gasteiger charge is -2.57. The summed E-state index contributed by atoms with van der Waals surface area (Å²) in [7, 11) is 0. The van der Waals surface area contributed by atoms with E-state index >= 15 is 0 Å². The van der Waals surface area contributed by atoms with Gasteiger partial charge < -0.3 is 15.4 Å². The predicted molar refractivity (Wildman–Crippen MR) is 138 cm³/mol. The average molecular weight is 534 g/mol. The topological polar surface area (TPSA) is 88.1 Å². The van der Waals surface area contributed by atoms with Crippen molar-refractivity contribution in [1.29, 1.82) is 0 Å². The average Bonchev–Trinajstić information content (AvgIpc) is 2.83. The van der Waals surface area contributed by atoms with Crippen LogP contribution in [-0.2, 0) is 10.9 Å². The summed E-state index contributed by atoms with van der Waals surface area (Å²) in [6.07, 6.45) is 0.325. The van der Waals surface area contributed by atoms with Crippen LogP contribution in [0.25, 0.3) is 0 Å². The van der Waals surface area contributed by atoms with Gasteiger partial charge in [0, 0.05) is 41.7 Å². The molecule has 5 heterocycles. The molecule has 3 aromatic rings. The molecule has 0 amide bonds. The zero-order valence-corrected chi connectivity index (χ0v) is 22.0. The van der Waals surface area contributed by atoms with Crippen molar-refractivity contribution in [1.82, 2.24) is 24.8 Å². The third kappa shape index (κ3) is 5.97. The number of hydrogen-bond acceptors (Lipinski definition) is 9. The van der Waals surface area contributed by atoms with Gasteiger partial charge in [-0.25, -0.2) is 19.9 Å². The SMILES string of the molecule is CC.CSc1cccnc1Nc1cc(Nc2ccc(C(C)N3CC4(COC4)C3)c(C(F)(F)F)n2)ncn1. The van der Waals surface area contributed by atoms with Crippen molar-refractivity contribution in [3.8, 4) is 0 Å². The van der Waals surface area contributed by atoms with Gasteiger partial charge in [0.2, 0.25) is 0 Å². The molecular weight excluding hydrogens is 503 g/mol. The van der Waals surface area contributed by atoms with Gasteiger partial charge in [-0.1, -0.05) is 19.9 Å². The van der Waals surface area contributed by atoms with Crippen molar-refractivity contribution in [3.05, 3.63) is 54.1 Å². The van der Waals surface area contributed by atoms with Gasteiger partial charge in [-0.2, -0.15) is 13.2 Å². The summed E-state index contributed by atoms with van der Waals surface area (Å²) < 4.78 is 47.1. The Morgan fingerprint density at radius 1 is 1.03 bits per heavy atom. The van der Waals surface area contributed by atoms with Crippen molar-refractivity contribution >= 4 is 35.0 Å². The third-order valence-electron chi connectivity index (χ3n) is 6.25. The number of likely N-dealkylation sites (tertiary alicyclic amines) is 1. The van der Waals surface area contributed by atoms with E-state index in [1.54, 1.807) is 25.3 Å². The molecule has 0 bridgehead atoms. The van der Waals surface area contributed by atoms with E-state index in [2.05, 4.69) is 30.6 Å². The smallest absolute Gasteiger partial charge is 0.380 e. The largest absolute Gasteiger partial charge is 0.433 e. The lowest BCUT2D eigenvalue weighted by molar-refractivity contribution is -0.198. The number of anilines is 4. The van der Waals surface area contributed by atoms with Gasteiger partial charge in [-0.05, 0) is 36.9 Å². The summed E-state index contributed by atoms with van der Waals surface area (Å²) in [5.74, 6) is 1.43. The third-order valence-corrected chi connectivity index (χ3v) is 7.02. The highest BCUT2D eigenvalue weighted by atomic mass is 32.2. The van der Waals surface area contributed by atoms with Gasteiger partial charge in [0.05, 0.1) is 13.2 Å². The van der Waals surface area contributed by atoms with Gasteiger partial charge >= 0.3 is 6.18 Å². The van der Waals surface area contributed by atoms with Crippen LogP contribution in [-0.4, -0.2) is 57.4 Å². The van der Waals surface area contributed by atoms with E-state index in [1.165, 1.54) is 24.2 Å². The van der Waals surface area contributed by atoms with E-state index in [0.29, 0.717) is 30.7 Å². The van der Waals surface area contributed by atoms with Crippen LogP contribution in [0.5, 0.6) is 0 Å². The van der Waals surface area contributed by atoms with Crippen LogP contribution in [0, 0.1) is 5.41 Å². The molecule has 2 aliphatic heterocycles. The molecule has 0 saturated carbocycles. The molecule has 1 spiro atoms. The molecule has 0 radical (unpaired) electrons. The number of rotatable bonds is 7. The predicted octanol–water partition coefficient (Wildman–Crippen LogP) is 5.91. The Morgan fingerprint density at radius 3 is 2.35 bits per heavy atom. The Kier molecular flexibility index (Phi) is 8.20. The monoisotopic (exact) mass is 533 g/mol. The number of thioether (sulfide) groups is 1. The van der Waals surface area contributed by atoms with Crippen molar-refractivity contribution in [2.45, 2.75) is 37.9 Å². The van der Waals surface area contributed by atoms with Gasteiger partial charge in [-0.3, -0.25) is 4.90 Å². The molecule has 2 N–H and O–H groups in total. The first-order chi connectivity index (χ1) is 17.8. The van der Waals surface area contributed by atoms with Crippen LogP contribution in [0.15, 0.2) is 47.8 Å². The molecule has 37 heavy (non-hydrogen) atoms. The zero-order valence-electron chi connectivity index (χ0n) is 21.1. The Morgan fingerprint density at radius 2 is 1.73 bits per heavy atom. The highest BCUT2D eigenvalue weighted by molar-refractivity contribution is 7.98. The van der Waals surface area contributed by atoms with Gasteiger partial charge in [-0.15, -0.1) is 11.8 Å². The van der Waals surface area contributed by atoms with E-state index in [1.807, 2.05) is 37.1 Å². The van der Waals surface area contributed by atoms with E-state index < -0.39 is 17.9 Å². The summed E-state index contributed by atoms with van der Waals surface area (Å²) in [5, 5.41) is 5.98. The molecule has 5 rings (SSSR count). The normalized spacial score (nSPS) is 17.2. The van der Waals surface area contributed by atoms with Crippen LogP contribution >= 0.6 is 11.8 Å². The molecule has 2 saturated heterocycles. The number of ether oxygens (including phenoxy) is 1. The maximum absolute atomic E-state index is 13.9. The van der Waals surface area contributed by atoms with E-state index in [4.69, 9.17) is 4.74 Å². The van der Waals surface area contributed by atoms with Crippen LogP contribution in [0.2, 0.25) is 0 Å². The van der Waals surface area contributed by atoms with Crippen molar-refractivity contribution in [2.75, 3.05) is 43.2 Å². The second-order valence-electron chi connectivity index (χ2n) is 8.80. The summed E-state index contributed by atoms with van der Waals surface area (Å²) in [6, 6.07) is 7.97. The van der Waals surface area contributed by atoms with Crippen LogP contribution in [0.1, 0.15) is 38.1 Å². The molecule has 2 fully saturated rings. The van der Waals surface area contributed by atoms with Crippen LogP contribution in [0.4, 0.5) is 36.4 Å². The number of nitrogens with zero attached hydrogens (tertiary/aromatic N) is 5. The molecule has 12 heteroatoms. The number of nitrogens with one attached hydrogen (secondary N) is 2. The first-order valence-corrected chi connectivity index (χ1v) is 13.2. The van der Waals surface area contributed by atoms with Gasteiger partial charge in [0.25, 0.3) is 0 Å². The number of aromatic nitrogens is 4. The number of hydrogen-bond donors (Lipinski definition) is 2. The molecule has 198 valence electrons. The second-order valence-corrected chi connectivity index (χ2v) is 9.65. The minimum Gasteiger partial charge on any atom is -0.380 e. The van der Waals surface area contributed by atoms with Crippen LogP contribution < -0.4 is 10.6 Å². The minimum absolute atomic E-state index is 0.0491. The summed E-state index contributed by atoms with van der Waals surface area (Å²) in [6.45, 7) is 8.61. The molecular formula is C25H30F3N7OS. The summed E-state index contributed by atoms with van der Waals surface area (Å²) in [4.78, 5) is 19.5. The number of halogens is 3. The Labute approximate surface area is 218 Å². The maximum atomic E-state index is 13.9. The molecule has 0 aromatic carbocycles. The highest BCUT2D eigenvalue weighted by Gasteiger charge is 2.51. The summed E-state index contributed by atoms with van der Waals surface area (Å²) in [5.41, 5.74) is -0.624. The fourth-order valence-electron chi connectivity index (χ4n) is 4.36. The fourth-order valence-corrected chi connectivity index (χ4v) is 4.87. The number of pyridine rings is 2. The molecule has 1 atom stereocenters. The maximum Gasteiger partial charge on any atom is 0.433 e. The van der Waals surface area contributed by atoms with E-state index in [-0.39, 0.29) is 16.8 Å². The lowest BCUT2D eigenvalue weighted by Crippen LogP contribution is -2.66. The fraction of sp³-hybridized carbons (Fsp3) is 0.440. The Bertz CT molecular complexity index is 1210. The van der Waals surface area contributed by atoms with Gasteiger partial charge in [0.1, 0.15) is 29.6 Å². The van der Waals surface area contributed by atoms with E-state index in [0.717, 1.165) is 18.0 Å². The van der Waals surface area contributed by atoms with E-state index in [9.17, 15) is 13.2 Å². The molecule has 8 nitrogen and oxygen atoms in total. The van der Waals surface area contributed by atoms with Crippen LogP contribution in [0.3, 0.4) is 0 Å². The minimum atomic E-state index is -4.59. The quantitative estimate of drug-likeness (QED) is 0.360. The Balaban J connectivity index is 0.00000156. The standard InChI is InChI=1S/C23H24F3N7OS.C2H6/c1-14(33-9-22(10-33)11-34-12-22)15-5-6-17(31-20(15)23(24,25)26)30-18-8-19(29-13-28-18)32-21-16(35-2)4-3-7-27-21;1-2/h3-8,13-14H,9-12H2,1-2H3,(H2,27,28,29,30,31,32);1-2H3. The lowest BCUT2D eigenvalue weighted by atomic mass is 9.76. The number of alkyl halides is 3. The highest BCUT2D eigenvalue weighted by Crippen LogP contribution is 2.44. The molecule has 0 aliphatic carbocycles. The van der Waals surface area contributed by atoms with Crippen molar-refractivity contribution in [3.63, 3.8) is 0 Å². The zero-order chi connectivity index (χ0) is 26.6. The second kappa shape index (κ2) is 11.2. The molecule has 1 unspecified atom stereocenters. The molecule has 2 aliphatic rings. The Hall–Kier alpha value is -2.96. The first kappa shape index (κ1) is 27.1. The van der Waals surface area contributed by atoms with Gasteiger partial charge in [0.15, 0.2) is 5.69 Å². The molecule has 3 aromatic heterocycles.